The van der Waals surface area contributed by atoms with E-state index in [-0.39, 0.29) is 18.4 Å². The number of likely N-dealkylation sites (N-methyl/N-ethyl adjacent to an activating group) is 1. The standard InChI is InChI=1S/C33H36N4O3S/c1-24-31(41-25(2)35-24)16-17-32(38)37(23-27-12-14-28(15-13-27)29-11-8-18-34-22-29)30(21-26-9-6-5-7-10-26)33(39)36(3)19-20-40-4/h5-18,22,30H,19-21,23H2,1-4H3/t30-/m0/s1. The number of thiazole rings is 1. The Morgan fingerprint density at radius 1 is 0.976 bits per heavy atom. The molecule has 1 atom stereocenters. The number of benzene rings is 2. The van der Waals surface area contributed by atoms with Crippen molar-refractivity contribution >= 4 is 29.2 Å². The Balaban J connectivity index is 1.69. The van der Waals surface area contributed by atoms with Crippen LogP contribution in [0.3, 0.4) is 0 Å². The summed E-state index contributed by atoms with van der Waals surface area (Å²) in [5.74, 6) is -0.370. The summed E-state index contributed by atoms with van der Waals surface area (Å²) in [6, 6.07) is 21.1. The number of aromatic nitrogens is 2. The number of nitrogens with zero attached hydrogens (tertiary/aromatic N) is 4. The molecule has 2 amide bonds. The number of aryl methyl sites for hydroxylation is 2. The van der Waals surface area contributed by atoms with Gasteiger partial charge in [0.1, 0.15) is 6.04 Å². The van der Waals surface area contributed by atoms with Crippen molar-refractivity contribution in [3.05, 3.63) is 112 Å². The molecule has 0 fully saturated rings. The van der Waals surface area contributed by atoms with Crippen molar-refractivity contribution in [2.45, 2.75) is 32.9 Å². The maximum Gasteiger partial charge on any atom is 0.247 e. The first-order valence-electron chi connectivity index (χ1n) is 13.6. The number of ether oxygens (including phenoxy) is 1. The third-order valence-electron chi connectivity index (χ3n) is 6.84. The summed E-state index contributed by atoms with van der Waals surface area (Å²) in [5, 5.41) is 0.942. The predicted octanol–water partition coefficient (Wildman–Crippen LogP) is 5.58. The van der Waals surface area contributed by atoms with Gasteiger partial charge in [-0.25, -0.2) is 4.98 Å². The molecule has 212 valence electrons. The second kappa shape index (κ2) is 14.5. The number of carbonyl (C=O) groups is 2. The highest BCUT2D eigenvalue weighted by Gasteiger charge is 2.31. The van der Waals surface area contributed by atoms with Crippen LogP contribution in [0.1, 0.15) is 26.7 Å². The molecule has 2 aromatic heterocycles. The van der Waals surface area contributed by atoms with E-state index in [0.29, 0.717) is 19.6 Å². The first-order valence-corrected chi connectivity index (χ1v) is 14.4. The van der Waals surface area contributed by atoms with Crippen LogP contribution in [0.4, 0.5) is 0 Å². The van der Waals surface area contributed by atoms with Crippen LogP contribution in [0.25, 0.3) is 17.2 Å². The van der Waals surface area contributed by atoms with E-state index in [1.165, 1.54) is 0 Å². The SMILES string of the molecule is COCCN(C)C(=O)[C@H](Cc1ccccc1)N(Cc1ccc(-c2cccnc2)cc1)C(=O)C=Cc1sc(C)nc1C. The minimum absolute atomic E-state index is 0.135. The topological polar surface area (TPSA) is 75.6 Å². The fraction of sp³-hybridized carbons (Fsp3) is 0.273. The molecule has 0 aliphatic heterocycles. The van der Waals surface area contributed by atoms with Gasteiger partial charge >= 0.3 is 0 Å². The van der Waals surface area contributed by atoms with Crippen molar-refractivity contribution in [2.75, 3.05) is 27.3 Å². The van der Waals surface area contributed by atoms with Crippen LogP contribution in [-0.2, 0) is 27.3 Å². The van der Waals surface area contributed by atoms with Gasteiger partial charge in [-0.1, -0.05) is 60.7 Å². The smallest absolute Gasteiger partial charge is 0.247 e. The van der Waals surface area contributed by atoms with Crippen LogP contribution in [0.2, 0.25) is 0 Å². The first-order chi connectivity index (χ1) is 19.9. The van der Waals surface area contributed by atoms with Gasteiger partial charge in [0.05, 0.1) is 22.2 Å². The Morgan fingerprint density at radius 3 is 2.37 bits per heavy atom. The van der Waals surface area contributed by atoms with Crippen molar-refractivity contribution in [1.29, 1.82) is 0 Å². The van der Waals surface area contributed by atoms with Gasteiger partial charge < -0.3 is 14.5 Å². The Labute approximate surface area is 246 Å². The van der Waals surface area contributed by atoms with E-state index in [1.54, 1.807) is 53.6 Å². The molecule has 0 N–H and O–H groups in total. The number of hydrogen-bond donors (Lipinski definition) is 0. The van der Waals surface area contributed by atoms with E-state index in [0.717, 1.165) is 37.8 Å². The van der Waals surface area contributed by atoms with E-state index < -0.39 is 6.04 Å². The highest BCUT2D eigenvalue weighted by atomic mass is 32.1. The number of amides is 2. The van der Waals surface area contributed by atoms with Crippen LogP contribution in [-0.4, -0.2) is 64.9 Å². The molecular formula is C33H36N4O3S. The molecule has 0 spiro atoms. The molecular weight excluding hydrogens is 532 g/mol. The lowest BCUT2D eigenvalue weighted by Crippen LogP contribution is -2.51. The summed E-state index contributed by atoms with van der Waals surface area (Å²) in [6.07, 6.45) is 7.33. The van der Waals surface area contributed by atoms with E-state index in [2.05, 4.69) is 9.97 Å². The van der Waals surface area contributed by atoms with Gasteiger partial charge in [-0.3, -0.25) is 14.6 Å². The third kappa shape index (κ3) is 8.19. The van der Waals surface area contributed by atoms with E-state index in [9.17, 15) is 9.59 Å². The fourth-order valence-electron chi connectivity index (χ4n) is 4.58. The largest absolute Gasteiger partial charge is 0.383 e. The second-order valence-electron chi connectivity index (χ2n) is 9.88. The molecule has 2 heterocycles. The van der Waals surface area contributed by atoms with Crippen molar-refractivity contribution in [3.63, 3.8) is 0 Å². The molecule has 4 aromatic rings. The molecule has 0 bridgehead atoms. The molecule has 2 aromatic carbocycles. The van der Waals surface area contributed by atoms with Crippen molar-refractivity contribution < 1.29 is 14.3 Å². The number of carbonyl (C=O) groups excluding carboxylic acids is 2. The van der Waals surface area contributed by atoms with Crippen LogP contribution >= 0.6 is 11.3 Å². The zero-order valence-corrected chi connectivity index (χ0v) is 24.8. The Hall–Kier alpha value is -4.14. The maximum atomic E-state index is 13.9. The lowest BCUT2D eigenvalue weighted by Gasteiger charge is -2.33. The van der Waals surface area contributed by atoms with Crippen molar-refractivity contribution in [2.24, 2.45) is 0 Å². The predicted molar refractivity (Wildman–Crippen MR) is 164 cm³/mol. The number of rotatable bonds is 12. The summed E-state index contributed by atoms with van der Waals surface area (Å²) >= 11 is 1.54. The molecule has 4 rings (SSSR count). The molecule has 0 unspecified atom stereocenters. The van der Waals surface area contributed by atoms with Crippen LogP contribution in [0.15, 0.2) is 85.2 Å². The third-order valence-corrected chi connectivity index (χ3v) is 7.88. The van der Waals surface area contributed by atoms with Gasteiger partial charge in [-0.2, -0.15) is 0 Å². The number of pyridine rings is 1. The highest BCUT2D eigenvalue weighted by Crippen LogP contribution is 2.23. The van der Waals surface area contributed by atoms with Gasteiger partial charge in [0.15, 0.2) is 0 Å². The summed E-state index contributed by atoms with van der Waals surface area (Å²) in [7, 11) is 3.36. The highest BCUT2D eigenvalue weighted by molar-refractivity contribution is 7.12. The minimum atomic E-state index is -0.710. The Kier molecular flexibility index (Phi) is 10.5. The zero-order valence-electron chi connectivity index (χ0n) is 24.0. The maximum absolute atomic E-state index is 13.9. The average molecular weight is 569 g/mol. The fourth-order valence-corrected chi connectivity index (χ4v) is 5.41. The second-order valence-corrected chi connectivity index (χ2v) is 11.1. The van der Waals surface area contributed by atoms with E-state index in [4.69, 9.17) is 4.74 Å². The van der Waals surface area contributed by atoms with Gasteiger partial charge in [-0.15, -0.1) is 11.3 Å². The normalized spacial score (nSPS) is 11.9. The molecule has 0 aliphatic carbocycles. The van der Waals surface area contributed by atoms with Gasteiger partial charge in [-0.05, 0) is 48.2 Å². The van der Waals surface area contributed by atoms with Crippen LogP contribution in [0.5, 0.6) is 0 Å². The van der Waals surface area contributed by atoms with Crippen LogP contribution in [0, 0.1) is 13.8 Å². The molecule has 0 radical (unpaired) electrons. The summed E-state index contributed by atoms with van der Waals surface area (Å²) < 4.78 is 5.22. The Morgan fingerprint density at radius 2 is 1.73 bits per heavy atom. The molecule has 7 nitrogen and oxygen atoms in total. The lowest BCUT2D eigenvalue weighted by molar-refractivity contribution is -0.143. The van der Waals surface area contributed by atoms with Crippen molar-refractivity contribution in [3.8, 4) is 11.1 Å². The minimum Gasteiger partial charge on any atom is -0.383 e. The molecule has 0 aliphatic rings. The van der Waals surface area contributed by atoms with Gasteiger partial charge in [0.25, 0.3) is 0 Å². The Bertz CT molecular complexity index is 1450. The van der Waals surface area contributed by atoms with E-state index >= 15 is 0 Å². The quantitative estimate of drug-likeness (QED) is 0.209. The molecule has 0 saturated heterocycles. The zero-order chi connectivity index (χ0) is 29.2. The monoisotopic (exact) mass is 568 g/mol. The first kappa shape index (κ1) is 29.8. The lowest BCUT2D eigenvalue weighted by atomic mass is 10.0. The molecule has 41 heavy (non-hydrogen) atoms. The summed E-state index contributed by atoms with van der Waals surface area (Å²) in [6.45, 7) is 4.99. The average Bonchev–Trinajstić information content (AvgIpc) is 3.33. The number of hydrogen-bond acceptors (Lipinski definition) is 6. The molecule has 0 saturated carbocycles. The summed E-state index contributed by atoms with van der Waals surface area (Å²) in [5.41, 5.74) is 4.84. The van der Waals surface area contributed by atoms with Crippen molar-refractivity contribution in [1.82, 2.24) is 19.8 Å². The van der Waals surface area contributed by atoms with Gasteiger partial charge in [0.2, 0.25) is 11.8 Å². The van der Waals surface area contributed by atoms with Crippen LogP contribution < -0.4 is 0 Å². The molecule has 8 heteroatoms. The summed E-state index contributed by atoms with van der Waals surface area (Å²) in [4.78, 5) is 40.8. The van der Waals surface area contributed by atoms with E-state index in [1.807, 2.05) is 86.8 Å². The van der Waals surface area contributed by atoms with Gasteiger partial charge in [0, 0.05) is 52.1 Å². The number of methoxy groups -OCH3 is 1.